The molecule has 6 heteroatoms. The van der Waals surface area contributed by atoms with Crippen molar-refractivity contribution in [2.45, 2.75) is 25.9 Å². The molecule has 1 saturated heterocycles. The largest absolute Gasteiger partial charge is 0.480 e. The van der Waals surface area contributed by atoms with Crippen LogP contribution in [-0.2, 0) is 11.3 Å². The molecule has 1 atom stereocenters. The molecule has 1 aliphatic heterocycles. The molecule has 2 aromatic rings. The summed E-state index contributed by atoms with van der Waals surface area (Å²) in [4.78, 5) is 19.9. The zero-order valence-electron chi connectivity index (χ0n) is 13.9. The van der Waals surface area contributed by atoms with Gasteiger partial charge in [-0.1, -0.05) is 37.3 Å². The first-order valence-electron chi connectivity index (χ1n) is 8.36. The normalized spacial score (nSPS) is 17.7. The highest BCUT2D eigenvalue weighted by atomic mass is 16.4. The van der Waals surface area contributed by atoms with Crippen molar-refractivity contribution >= 4 is 5.97 Å². The minimum absolute atomic E-state index is 0.376. The second-order valence-corrected chi connectivity index (χ2v) is 6.06. The van der Waals surface area contributed by atoms with Crippen LogP contribution in [0.2, 0.25) is 0 Å². The van der Waals surface area contributed by atoms with E-state index in [1.54, 1.807) is 6.20 Å². The number of nitrogens with zero attached hydrogens (tertiary/aromatic N) is 3. The van der Waals surface area contributed by atoms with Gasteiger partial charge in [0.1, 0.15) is 6.04 Å². The quantitative estimate of drug-likeness (QED) is 0.877. The highest BCUT2D eigenvalue weighted by molar-refractivity contribution is 5.73. The minimum atomic E-state index is -0.730. The number of hydrogen-bond acceptors (Lipinski definition) is 5. The van der Waals surface area contributed by atoms with Crippen LogP contribution in [0.25, 0.3) is 11.3 Å². The van der Waals surface area contributed by atoms with Crippen molar-refractivity contribution in [2.24, 2.45) is 0 Å². The van der Waals surface area contributed by atoms with Crippen LogP contribution in [0.1, 0.15) is 19.2 Å². The molecule has 1 unspecified atom stereocenters. The Balaban J connectivity index is 1.55. The van der Waals surface area contributed by atoms with E-state index in [0.717, 1.165) is 37.5 Å². The molecule has 6 nitrogen and oxygen atoms in total. The van der Waals surface area contributed by atoms with Crippen molar-refractivity contribution in [3.63, 3.8) is 0 Å². The lowest BCUT2D eigenvalue weighted by molar-refractivity contribution is -0.144. The maximum absolute atomic E-state index is 11.3. The van der Waals surface area contributed by atoms with E-state index < -0.39 is 5.97 Å². The van der Waals surface area contributed by atoms with Crippen LogP contribution >= 0.6 is 0 Å². The number of benzene rings is 1. The predicted molar refractivity (Wildman–Crippen MR) is 90.5 cm³/mol. The van der Waals surface area contributed by atoms with E-state index in [2.05, 4.69) is 9.88 Å². The molecule has 1 aromatic heterocycles. The van der Waals surface area contributed by atoms with Gasteiger partial charge in [-0.25, -0.2) is 4.98 Å². The van der Waals surface area contributed by atoms with E-state index in [1.165, 1.54) is 0 Å². The lowest BCUT2D eigenvalue weighted by Crippen LogP contribution is -2.52. The fourth-order valence-corrected chi connectivity index (χ4v) is 3.13. The first kappa shape index (κ1) is 16.7. The lowest BCUT2D eigenvalue weighted by Gasteiger charge is -2.36. The Morgan fingerprint density at radius 2 is 1.96 bits per heavy atom. The fraction of sp³-hybridized carbons (Fsp3) is 0.444. The molecule has 0 aliphatic carbocycles. The number of carboxylic acids is 1. The maximum atomic E-state index is 11.3. The number of aromatic nitrogens is 1. The van der Waals surface area contributed by atoms with Crippen LogP contribution < -0.4 is 0 Å². The van der Waals surface area contributed by atoms with Gasteiger partial charge in [-0.05, 0) is 6.42 Å². The average molecular weight is 329 g/mol. The summed E-state index contributed by atoms with van der Waals surface area (Å²) < 4.78 is 5.85. The van der Waals surface area contributed by atoms with Crippen molar-refractivity contribution in [1.82, 2.24) is 14.8 Å². The van der Waals surface area contributed by atoms with E-state index in [9.17, 15) is 9.90 Å². The Kier molecular flexibility index (Phi) is 5.27. The molecule has 1 fully saturated rings. The molecular formula is C18H23N3O3. The number of carboxylic acid groups (broad SMARTS) is 1. The predicted octanol–water partition coefficient (Wildman–Crippen LogP) is 2.32. The van der Waals surface area contributed by atoms with Crippen molar-refractivity contribution < 1.29 is 14.3 Å². The second kappa shape index (κ2) is 7.59. The Morgan fingerprint density at radius 3 is 2.58 bits per heavy atom. The number of carbonyl (C=O) groups is 1. The molecule has 3 rings (SSSR count). The summed E-state index contributed by atoms with van der Waals surface area (Å²) in [6.07, 6.45) is 2.40. The highest BCUT2D eigenvalue weighted by Gasteiger charge is 2.27. The molecule has 1 N–H and O–H groups in total. The van der Waals surface area contributed by atoms with Crippen LogP contribution in [-0.4, -0.2) is 58.1 Å². The summed E-state index contributed by atoms with van der Waals surface area (Å²) in [5, 5.41) is 9.26. The smallest absolute Gasteiger partial charge is 0.320 e. The number of oxazole rings is 1. The van der Waals surface area contributed by atoms with Gasteiger partial charge in [-0.2, -0.15) is 0 Å². The second-order valence-electron chi connectivity index (χ2n) is 6.06. The third-order valence-electron chi connectivity index (χ3n) is 4.49. The molecule has 0 amide bonds. The van der Waals surface area contributed by atoms with Gasteiger partial charge in [-0.3, -0.25) is 14.6 Å². The standard InChI is InChI=1S/C18H23N3O3/c1-2-15(18(22)23)21-10-8-20(9-11-21)13-17-19-12-16(24-17)14-6-4-3-5-7-14/h3-7,12,15H,2,8-11,13H2,1H3,(H,22,23). The van der Waals surface area contributed by atoms with Gasteiger partial charge in [0.2, 0.25) is 5.89 Å². The zero-order valence-corrected chi connectivity index (χ0v) is 13.9. The molecular weight excluding hydrogens is 306 g/mol. The van der Waals surface area contributed by atoms with Crippen LogP contribution in [0.5, 0.6) is 0 Å². The first-order valence-corrected chi connectivity index (χ1v) is 8.36. The van der Waals surface area contributed by atoms with E-state index in [1.807, 2.05) is 42.2 Å². The topological polar surface area (TPSA) is 69.8 Å². The number of aliphatic carboxylic acids is 1. The number of rotatable bonds is 6. The Bertz CT molecular complexity index is 663. The van der Waals surface area contributed by atoms with Crippen LogP contribution in [0.4, 0.5) is 0 Å². The van der Waals surface area contributed by atoms with Gasteiger partial charge in [0.15, 0.2) is 5.76 Å². The van der Waals surface area contributed by atoms with Gasteiger partial charge in [0.05, 0.1) is 12.7 Å². The molecule has 24 heavy (non-hydrogen) atoms. The third-order valence-corrected chi connectivity index (χ3v) is 4.49. The number of hydrogen-bond donors (Lipinski definition) is 1. The molecule has 0 spiro atoms. The summed E-state index contributed by atoms with van der Waals surface area (Å²) in [7, 11) is 0. The van der Waals surface area contributed by atoms with E-state index in [-0.39, 0.29) is 6.04 Å². The highest BCUT2D eigenvalue weighted by Crippen LogP contribution is 2.21. The molecule has 0 radical (unpaired) electrons. The Hall–Kier alpha value is -2.18. The van der Waals surface area contributed by atoms with Crippen LogP contribution in [0.15, 0.2) is 40.9 Å². The summed E-state index contributed by atoms with van der Waals surface area (Å²) in [5.74, 6) is 0.750. The van der Waals surface area contributed by atoms with Gasteiger partial charge in [0.25, 0.3) is 0 Å². The monoisotopic (exact) mass is 329 g/mol. The molecule has 1 aromatic carbocycles. The molecule has 128 valence electrons. The van der Waals surface area contributed by atoms with Gasteiger partial charge in [-0.15, -0.1) is 0 Å². The fourth-order valence-electron chi connectivity index (χ4n) is 3.13. The van der Waals surface area contributed by atoms with E-state index in [4.69, 9.17) is 4.42 Å². The van der Waals surface area contributed by atoms with Crippen molar-refractivity contribution in [1.29, 1.82) is 0 Å². The first-order chi connectivity index (χ1) is 11.7. The lowest BCUT2D eigenvalue weighted by atomic mass is 10.1. The third kappa shape index (κ3) is 3.83. The average Bonchev–Trinajstić information content (AvgIpc) is 3.06. The van der Waals surface area contributed by atoms with Crippen molar-refractivity contribution in [2.75, 3.05) is 26.2 Å². The Labute approximate surface area is 141 Å². The van der Waals surface area contributed by atoms with Gasteiger partial charge >= 0.3 is 5.97 Å². The summed E-state index contributed by atoms with van der Waals surface area (Å²) in [6.45, 7) is 5.75. The van der Waals surface area contributed by atoms with E-state index in [0.29, 0.717) is 18.9 Å². The van der Waals surface area contributed by atoms with Gasteiger partial charge in [0, 0.05) is 31.7 Å². The Morgan fingerprint density at radius 1 is 1.25 bits per heavy atom. The zero-order chi connectivity index (χ0) is 16.9. The van der Waals surface area contributed by atoms with E-state index >= 15 is 0 Å². The minimum Gasteiger partial charge on any atom is -0.480 e. The summed E-state index contributed by atoms with van der Waals surface area (Å²) in [6, 6.07) is 9.55. The molecule has 0 saturated carbocycles. The molecule has 0 bridgehead atoms. The van der Waals surface area contributed by atoms with Crippen LogP contribution in [0.3, 0.4) is 0 Å². The van der Waals surface area contributed by atoms with Crippen molar-refractivity contribution in [3.8, 4) is 11.3 Å². The summed E-state index contributed by atoms with van der Waals surface area (Å²) in [5.41, 5.74) is 1.02. The molecule has 1 aliphatic rings. The van der Waals surface area contributed by atoms with Crippen LogP contribution in [0, 0.1) is 0 Å². The number of piperazine rings is 1. The molecule has 2 heterocycles. The van der Waals surface area contributed by atoms with Crippen molar-refractivity contribution in [3.05, 3.63) is 42.4 Å². The SMILES string of the molecule is CCC(C(=O)O)N1CCN(Cc2ncc(-c3ccccc3)o2)CC1. The summed E-state index contributed by atoms with van der Waals surface area (Å²) >= 11 is 0. The van der Waals surface area contributed by atoms with Gasteiger partial charge < -0.3 is 9.52 Å². The maximum Gasteiger partial charge on any atom is 0.320 e.